The van der Waals surface area contributed by atoms with E-state index in [0.717, 1.165) is 167 Å². The lowest BCUT2D eigenvalue weighted by Crippen LogP contribution is -2.30. The Morgan fingerprint density at radius 1 is 0.274 bits per heavy atom. The summed E-state index contributed by atoms with van der Waals surface area (Å²) in [5, 5.41) is 10.6. The second kappa shape index (κ2) is 77.6. The van der Waals surface area contributed by atoms with Crippen molar-refractivity contribution in [3.63, 3.8) is 0 Å². The van der Waals surface area contributed by atoms with E-state index in [-0.39, 0.29) is 25.7 Å². The minimum Gasteiger partial charge on any atom is -0.462 e. The van der Waals surface area contributed by atoms with Crippen molar-refractivity contribution in [2.45, 2.75) is 316 Å². The Labute approximate surface area is 642 Å². The van der Waals surface area contributed by atoms with E-state index >= 15 is 0 Å². The normalized spacial score (nSPS) is 14.7. The maximum atomic E-state index is 13.1. The van der Waals surface area contributed by atoms with Crippen molar-refractivity contribution in [2.24, 2.45) is 0 Å². The molecule has 0 saturated heterocycles. The van der Waals surface area contributed by atoms with Crippen LogP contribution in [0.25, 0.3) is 0 Å². The summed E-state index contributed by atoms with van der Waals surface area (Å²) in [6.45, 7) is 4.38. The summed E-state index contributed by atoms with van der Waals surface area (Å²) in [6.07, 6.45) is 92.0. The molecule has 5 atom stereocenters. The molecule has 0 radical (unpaired) electrons. The third-order valence-corrected chi connectivity index (χ3v) is 18.1. The van der Waals surface area contributed by atoms with Crippen molar-refractivity contribution in [1.82, 2.24) is 0 Å². The number of phosphoric acid groups is 2. The molecule has 0 aliphatic heterocycles. The highest BCUT2D eigenvalue weighted by Crippen LogP contribution is 2.45. The van der Waals surface area contributed by atoms with E-state index in [2.05, 4.69) is 186 Å². The Balaban J connectivity index is 5.47. The highest BCUT2D eigenvalue weighted by molar-refractivity contribution is 7.47. The van der Waals surface area contributed by atoms with Gasteiger partial charge in [0.25, 0.3) is 0 Å². The third-order valence-electron chi connectivity index (χ3n) is 16.2. The minimum absolute atomic E-state index is 0.0242. The fourth-order valence-corrected chi connectivity index (χ4v) is 11.7. The first kappa shape index (κ1) is 100. The highest BCUT2D eigenvalue weighted by Gasteiger charge is 2.30. The topological polar surface area (TPSA) is 237 Å². The zero-order valence-electron chi connectivity index (χ0n) is 65.8. The molecule has 0 rings (SSSR count). The van der Waals surface area contributed by atoms with Crippen LogP contribution in [0.4, 0.5) is 0 Å². The van der Waals surface area contributed by atoms with Crippen LogP contribution in [0.15, 0.2) is 170 Å². The summed E-state index contributed by atoms with van der Waals surface area (Å²) in [7, 11) is -10.0. The molecule has 0 aromatic rings. The smallest absolute Gasteiger partial charge is 0.462 e. The second-order valence-electron chi connectivity index (χ2n) is 26.2. The molecule has 19 heteroatoms. The van der Waals surface area contributed by atoms with Crippen molar-refractivity contribution in [3.05, 3.63) is 170 Å². The zero-order valence-corrected chi connectivity index (χ0v) is 67.6. The van der Waals surface area contributed by atoms with E-state index in [1.165, 1.54) is 38.5 Å². The molecular formula is C87H142O17P2. The van der Waals surface area contributed by atoms with Crippen LogP contribution in [0, 0.1) is 0 Å². The Morgan fingerprint density at radius 3 is 0.821 bits per heavy atom. The van der Waals surface area contributed by atoms with Crippen molar-refractivity contribution < 1.29 is 80.2 Å². The summed E-state index contributed by atoms with van der Waals surface area (Å²) < 4.78 is 68.5. The Morgan fingerprint density at radius 2 is 0.500 bits per heavy atom. The number of carbonyl (C=O) groups excluding carboxylic acids is 4. The molecule has 0 aliphatic carbocycles. The Hall–Kier alpha value is -5.58. The lowest BCUT2D eigenvalue weighted by Gasteiger charge is -2.21. The molecular weight excluding hydrogens is 1380 g/mol. The molecule has 106 heavy (non-hydrogen) atoms. The summed E-state index contributed by atoms with van der Waals surface area (Å²) in [5.74, 6) is -2.33. The number of ether oxygens (including phenoxy) is 4. The number of carbonyl (C=O) groups is 4. The van der Waals surface area contributed by atoms with Gasteiger partial charge >= 0.3 is 39.5 Å². The Bertz CT molecular complexity index is 2680. The first-order valence-electron chi connectivity index (χ1n) is 40.4. The molecule has 602 valence electrons. The fraction of sp³-hybridized carbons (Fsp3) is 0.632. The van der Waals surface area contributed by atoms with Gasteiger partial charge in [-0.05, 0) is 167 Å². The average Bonchev–Trinajstić information content (AvgIpc) is 0.928. The number of hydrogen-bond acceptors (Lipinski definition) is 15. The maximum Gasteiger partial charge on any atom is 0.472 e. The number of aliphatic hydroxyl groups is 1. The second-order valence-corrected chi connectivity index (χ2v) is 29.1. The van der Waals surface area contributed by atoms with Crippen LogP contribution in [0.1, 0.15) is 297 Å². The fourth-order valence-electron chi connectivity index (χ4n) is 10.1. The zero-order chi connectivity index (χ0) is 77.4. The number of aliphatic hydroxyl groups excluding tert-OH is 1. The quantitative estimate of drug-likeness (QED) is 0.0169. The van der Waals surface area contributed by atoms with Gasteiger partial charge in [-0.15, -0.1) is 0 Å². The van der Waals surface area contributed by atoms with Crippen LogP contribution in [-0.4, -0.2) is 96.7 Å². The average molecular weight is 1520 g/mol. The largest absolute Gasteiger partial charge is 0.472 e. The summed E-state index contributed by atoms with van der Waals surface area (Å²) >= 11 is 0. The van der Waals surface area contributed by atoms with Gasteiger partial charge in [0.2, 0.25) is 0 Å². The molecule has 0 amide bonds. The predicted molar refractivity (Wildman–Crippen MR) is 436 cm³/mol. The van der Waals surface area contributed by atoms with E-state index < -0.39 is 97.5 Å². The lowest BCUT2D eigenvalue weighted by atomic mass is 10.1. The number of phosphoric ester groups is 2. The van der Waals surface area contributed by atoms with Gasteiger partial charge in [-0.2, -0.15) is 0 Å². The van der Waals surface area contributed by atoms with Crippen molar-refractivity contribution in [1.29, 1.82) is 0 Å². The molecule has 0 aromatic carbocycles. The van der Waals surface area contributed by atoms with E-state index in [1.807, 2.05) is 12.2 Å². The number of allylic oxidation sites excluding steroid dienone is 28. The van der Waals surface area contributed by atoms with Crippen molar-refractivity contribution in [3.8, 4) is 0 Å². The van der Waals surface area contributed by atoms with Gasteiger partial charge in [0, 0.05) is 25.7 Å². The number of rotatable bonds is 74. The van der Waals surface area contributed by atoms with Crippen molar-refractivity contribution >= 4 is 39.5 Å². The van der Waals surface area contributed by atoms with Gasteiger partial charge in [-0.25, -0.2) is 9.13 Å². The van der Waals surface area contributed by atoms with E-state index in [1.54, 1.807) is 0 Å². The monoisotopic (exact) mass is 1520 g/mol. The van der Waals surface area contributed by atoms with Gasteiger partial charge < -0.3 is 33.8 Å². The van der Waals surface area contributed by atoms with E-state index in [9.17, 15) is 43.2 Å². The van der Waals surface area contributed by atoms with Crippen LogP contribution in [0.3, 0.4) is 0 Å². The lowest BCUT2D eigenvalue weighted by molar-refractivity contribution is -0.161. The molecule has 17 nitrogen and oxygen atoms in total. The first-order chi connectivity index (χ1) is 51.7. The molecule has 0 heterocycles. The standard InChI is InChI=1S/C87H142O17P2/c1-5-9-13-17-21-25-29-33-37-39-40-42-46-48-52-56-60-64-68-72-85(90)98-78-83(104-87(92)74-70-66-62-58-54-50-44-36-32-28-24-20-16-12-8-4)80-102-106(95,96)100-76-81(88)75-99-105(93,94)101-79-82(103-86(91)73-69-65-61-57-53-49-43-35-31-27-23-19-15-11-7-3)77-97-84(89)71-67-63-59-55-51-47-45-41-38-34-30-26-22-18-14-10-6-2/h9-11,13-15,21-23,25-27,33-38,40,42-45,47,53,55,57,59,81-83,88H,5-8,12,16-20,24,28-32,39,41,46,48-52,54,56,58,60-80H2,1-4H3,(H,93,94)(H,95,96)/b13-9-,14-10-,15-11-,25-21-,26-22-,27-23-,37-33-,38-34-,42-40-,43-35-,44-36-,47-45-,57-53-,59-55-. The van der Waals surface area contributed by atoms with E-state index in [0.29, 0.717) is 38.5 Å². The van der Waals surface area contributed by atoms with Gasteiger partial charge in [0.1, 0.15) is 19.3 Å². The predicted octanol–water partition coefficient (Wildman–Crippen LogP) is 23.8. The molecule has 3 N–H and O–H groups in total. The third kappa shape index (κ3) is 76.6. The molecule has 0 aromatic heterocycles. The van der Waals surface area contributed by atoms with Crippen molar-refractivity contribution in [2.75, 3.05) is 39.6 Å². The SMILES string of the molecule is CC/C=C\C/C=C\C/C=C\C/C=C\C/C=C\CCCC(=O)OCC(COP(=O)(O)OCC(O)COP(=O)(O)OCC(COC(=O)CCCCCCCC/C=C\C/C=C\C/C=C\C/C=C\CC)OC(=O)CCCCCCC/C=C\CCCCCCCC)OC(=O)CCCC/C=C\C/C=C\C/C=C\C/C=C\CC. The molecule has 0 spiro atoms. The van der Waals surface area contributed by atoms with Crippen LogP contribution >= 0.6 is 15.6 Å². The minimum atomic E-state index is -5.01. The molecule has 0 bridgehead atoms. The number of hydrogen-bond donors (Lipinski definition) is 3. The van der Waals surface area contributed by atoms with Gasteiger partial charge in [0.15, 0.2) is 12.2 Å². The first-order valence-corrected chi connectivity index (χ1v) is 43.4. The summed E-state index contributed by atoms with van der Waals surface area (Å²) in [5.41, 5.74) is 0. The molecule has 0 aliphatic rings. The van der Waals surface area contributed by atoms with Crippen LogP contribution in [-0.2, 0) is 65.4 Å². The number of esters is 4. The molecule has 0 fully saturated rings. The van der Waals surface area contributed by atoms with Crippen LogP contribution in [0.5, 0.6) is 0 Å². The van der Waals surface area contributed by atoms with E-state index in [4.69, 9.17) is 37.0 Å². The molecule has 5 unspecified atom stereocenters. The highest BCUT2D eigenvalue weighted by atomic mass is 31.2. The maximum absolute atomic E-state index is 13.1. The van der Waals surface area contributed by atoms with Gasteiger partial charge in [-0.1, -0.05) is 275 Å². The molecule has 0 saturated carbocycles. The van der Waals surface area contributed by atoms with Gasteiger partial charge in [-0.3, -0.25) is 37.3 Å². The summed E-state index contributed by atoms with van der Waals surface area (Å²) in [6, 6.07) is 0. The number of unbranched alkanes of at least 4 members (excludes halogenated alkanes) is 20. The van der Waals surface area contributed by atoms with Crippen LogP contribution in [0.2, 0.25) is 0 Å². The summed E-state index contributed by atoms with van der Waals surface area (Å²) in [4.78, 5) is 73.1. The van der Waals surface area contributed by atoms with Gasteiger partial charge in [0.05, 0.1) is 26.4 Å². The Kier molecular flexibility index (Phi) is 73.5. The van der Waals surface area contributed by atoms with Crippen LogP contribution < -0.4 is 0 Å².